The summed E-state index contributed by atoms with van der Waals surface area (Å²) < 4.78 is 0. The van der Waals surface area contributed by atoms with E-state index in [0.29, 0.717) is 44.3 Å². The summed E-state index contributed by atoms with van der Waals surface area (Å²) in [4.78, 5) is 68.2. The first kappa shape index (κ1) is 28.6. The molecule has 2 aromatic heterocycles. The molecule has 0 spiro atoms. The lowest BCUT2D eigenvalue weighted by Crippen LogP contribution is -2.60. The number of thiazole rings is 1. The molecular formula is C28H30ClN7O4S. The highest BCUT2D eigenvalue weighted by Gasteiger charge is 2.46. The van der Waals surface area contributed by atoms with E-state index >= 15 is 0 Å². The van der Waals surface area contributed by atoms with Crippen molar-refractivity contribution in [3.63, 3.8) is 0 Å². The SMILES string of the molecule is Nc1nc(Cl)cc(CCC(NC(=O)C2CC[C@H]3CN(C(=O)CCc4ccccc4)CC(=O)N23)C(=O)c2nccs2)n1. The number of hydrogen-bond donors (Lipinski definition) is 2. The van der Waals surface area contributed by atoms with Gasteiger partial charge in [-0.1, -0.05) is 41.9 Å². The third kappa shape index (κ3) is 6.88. The number of aryl methyl sites for hydroxylation is 2. The zero-order valence-electron chi connectivity index (χ0n) is 22.2. The van der Waals surface area contributed by atoms with Crippen LogP contribution in [0.4, 0.5) is 5.95 Å². The molecule has 0 saturated carbocycles. The zero-order chi connectivity index (χ0) is 28.9. The van der Waals surface area contributed by atoms with Crippen molar-refractivity contribution in [2.45, 2.75) is 56.7 Å². The summed E-state index contributed by atoms with van der Waals surface area (Å²) in [5.41, 5.74) is 7.31. The standard InChI is InChI=1S/C28H30ClN7O4S/c29-22-14-18(32-28(30)34-22)7-9-20(25(39)27-31-12-13-41-27)33-26(40)21-10-8-19-15-35(16-24(38)36(19)21)23(37)11-6-17-4-2-1-3-5-17/h1-5,12-14,19-21H,6-11,15-16H2,(H,33,40)(H2,30,32,34)/t19-,20?,21?/m0/s1. The van der Waals surface area contributed by atoms with Gasteiger partial charge in [0, 0.05) is 30.2 Å². The molecule has 13 heteroatoms. The van der Waals surface area contributed by atoms with E-state index in [1.165, 1.54) is 17.5 Å². The van der Waals surface area contributed by atoms with Crippen LogP contribution in [0.2, 0.25) is 5.15 Å². The molecule has 41 heavy (non-hydrogen) atoms. The van der Waals surface area contributed by atoms with Crippen molar-refractivity contribution < 1.29 is 19.2 Å². The van der Waals surface area contributed by atoms with Gasteiger partial charge in [-0.3, -0.25) is 19.2 Å². The highest BCUT2D eigenvalue weighted by atomic mass is 35.5. The Balaban J connectivity index is 1.22. The minimum Gasteiger partial charge on any atom is -0.368 e. The second-order valence-corrected chi connectivity index (χ2v) is 11.4. The van der Waals surface area contributed by atoms with E-state index in [2.05, 4.69) is 20.3 Å². The van der Waals surface area contributed by atoms with Gasteiger partial charge < -0.3 is 20.9 Å². The van der Waals surface area contributed by atoms with Crippen LogP contribution in [-0.4, -0.2) is 79.5 Å². The summed E-state index contributed by atoms with van der Waals surface area (Å²) in [5, 5.41) is 5.02. The number of fused-ring (bicyclic) bond motifs is 1. The monoisotopic (exact) mass is 595 g/mol. The van der Waals surface area contributed by atoms with Crippen LogP contribution in [0.15, 0.2) is 48.0 Å². The number of hydrogen-bond acceptors (Lipinski definition) is 9. The normalized spacial score (nSPS) is 19.1. The van der Waals surface area contributed by atoms with Crippen molar-refractivity contribution in [3.05, 3.63) is 69.4 Å². The molecule has 3 amide bonds. The number of nitrogens with two attached hydrogens (primary N) is 1. The van der Waals surface area contributed by atoms with Crippen LogP contribution in [0.3, 0.4) is 0 Å². The molecule has 1 aromatic carbocycles. The molecule has 3 aromatic rings. The number of halogens is 1. The molecule has 2 saturated heterocycles. The molecule has 3 atom stereocenters. The predicted octanol–water partition coefficient (Wildman–Crippen LogP) is 2.30. The number of ketones is 1. The molecule has 11 nitrogen and oxygen atoms in total. The van der Waals surface area contributed by atoms with Gasteiger partial charge in [0.25, 0.3) is 0 Å². The number of piperazine rings is 1. The number of anilines is 1. The van der Waals surface area contributed by atoms with E-state index in [1.54, 1.807) is 21.2 Å². The van der Waals surface area contributed by atoms with Gasteiger partial charge in [-0.15, -0.1) is 11.3 Å². The lowest BCUT2D eigenvalue weighted by Gasteiger charge is -2.39. The van der Waals surface area contributed by atoms with Gasteiger partial charge >= 0.3 is 0 Å². The second-order valence-electron chi connectivity index (χ2n) is 10.1. The van der Waals surface area contributed by atoms with Crippen LogP contribution in [-0.2, 0) is 27.2 Å². The number of nitrogens with zero attached hydrogens (tertiary/aromatic N) is 5. The van der Waals surface area contributed by atoms with E-state index in [0.717, 1.165) is 5.56 Å². The second kappa shape index (κ2) is 12.7. The lowest BCUT2D eigenvalue weighted by molar-refractivity contribution is -0.151. The minimum absolute atomic E-state index is 0.0209. The summed E-state index contributed by atoms with van der Waals surface area (Å²) in [6.07, 6.45) is 4.03. The van der Waals surface area contributed by atoms with Gasteiger partial charge in [0.15, 0.2) is 5.01 Å². The van der Waals surface area contributed by atoms with Crippen LogP contribution in [0.1, 0.15) is 46.7 Å². The smallest absolute Gasteiger partial charge is 0.243 e. The number of nitrogens with one attached hydrogen (secondary N) is 1. The van der Waals surface area contributed by atoms with E-state index in [-0.39, 0.29) is 52.7 Å². The minimum atomic E-state index is -0.890. The molecule has 2 unspecified atom stereocenters. The van der Waals surface area contributed by atoms with Crippen molar-refractivity contribution in [3.8, 4) is 0 Å². The first-order valence-corrected chi connectivity index (χ1v) is 14.7. The topological polar surface area (TPSA) is 151 Å². The first-order valence-electron chi connectivity index (χ1n) is 13.4. The maximum absolute atomic E-state index is 13.5. The average Bonchev–Trinajstić information content (AvgIpc) is 3.64. The predicted molar refractivity (Wildman–Crippen MR) is 153 cm³/mol. The number of Topliss-reactive ketones (excluding diaryl/α,β-unsaturated/α-hetero) is 1. The molecule has 0 radical (unpaired) electrons. The van der Waals surface area contributed by atoms with Crippen molar-refractivity contribution in [1.29, 1.82) is 0 Å². The summed E-state index contributed by atoms with van der Waals surface area (Å²) in [7, 11) is 0. The Bertz CT molecular complexity index is 1400. The van der Waals surface area contributed by atoms with Gasteiger partial charge in [-0.2, -0.15) is 0 Å². The maximum atomic E-state index is 13.5. The van der Waals surface area contributed by atoms with Crippen LogP contribution in [0.5, 0.6) is 0 Å². The van der Waals surface area contributed by atoms with Crippen LogP contribution < -0.4 is 11.1 Å². The zero-order valence-corrected chi connectivity index (χ0v) is 23.8. The van der Waals surface area contributed by atoms with E-state index in [1.807, 2.05) is 30.3 Å². The molecule has 214 valence electrons. The Morgan fingerprint density at radius 3 is 2.68 bits per heavy atom. The third-order valence-electron chi connectivity index (χ3n) is 7.40. The lowest BCUT2D eigenvalue weighted by atomic mass is 10.0. The summed E-state index contributed by atoms with van der Waals surface area (Å²) >= 11 is 7.18. The fraction of sp³-hybridized carbons (Fsp3) is 0.393. The molecule has 4 heterocycles. The molecule has 0 aliphatic carbocycles. The van der Waals surface area contributed by atoms with E-state index < -0.39 is 18.0 Å². The van der Waals surface area contributed by atoms with Gasteiger partial charge in [0.2, 0.25) is 29.5 Å². The molecular weight excluding hydrogens is 566 g/mol. The van der Waals surface area contributed by atoms with Crippen molar-refractivity contribution in [2.24, 2.45) is 0 Å². The molecule has 5 rings (SSSR count). The number of benzene rings is 1. The molecule has 3 N–H and O–H groups in total. The first-order chi connectivity index (χ1) is 19.8. The summed E-state index contributed by atoms with van der Waals surface area (Å²) in [6, 6.07) is 9.45. The van der Waals surface area contributed by atoms with Gasteiger partial charge in [0.1, 0.15) is 11.2 Å². The van der Waals surface area contributed by atoms with Crippen molar-refractivity contribution >= 4 is 52.4 Å². The quantitative estimate of drug-likeness (QED) is 0.268. The van der Waals surface area contributed by atoms with E-state index in [9.17, 15) is 19.2 Å². The van der Waals surface area contributed by atoms with Crippen molar-refractivity contribution in [2.75, 3.05) is 18.8 Å². The van der Waals surface area contributed by atoms with Gasteiger partial charge in [-0.25, -0.2) is 15.0 Å². The number of nitrogen functional groups attached to an aromatic ring is 1. The highest BCUT2D eigenvalue weighted by Crippen LogP contribution is 2.29. The fourth-order valence-corrected chi connectivity index (χ4v) is 6.28. The summed E-state index contributed by atoms with van der Waals surface area (Å²) in [6.45, 7) is 0.325. The largest absolute Gasteiger partial charge is 0.368 e. The Labute approximate surface area is 246 Å². The van der Waals surface area contributed by atoms with Crippen LogP contribution in [0.25, 0.3) is 0 Å². The molecule has 2 aliphatic rings. The fourth-order valence-electron chi connectivity index (χ4n) is 5.44. The number of aromatic nitrogens is 3. The van der Waals surface area contributed by atoms with Crippen molar-refractivity contribution in [1.82, 2.24) is 30.1 Å². The number of rotatable bonds is 10. The van der Waals surface area contributed by atoms with Crippen LogP contribution in [0, 0.1) is 0 Å². The Morgan fingerprint density at radius 2 is 1.95 bits per heavy atom. The molecule has 0 bridgehead atoms. The number of carbonyl (C=O) groups excluding carboxylic acids is 4. The Kier molecular flexibility index (Phi) is 8.89. The Hall–Kier alpha value is -3.90. The number of carbonyl (C=O) groups is 4. The average molecular weight is 596 g/mol. The summed E-state index contributed by atoms with van der Waals surface area (Å²) in [5.74, 6) is -1.04. The molecule has 2 fully saturated rings. The van der Waals surface area contributed by atoms with Crippen LogP contribution >= 0.6 is 22.9 Å². The van der Waals surface area contributed by atoms with Gasteiger partial charge in [-0.05, 0) is 43.7 Å². The number of amides is 3. The van der Waals surface area contributed by atoms with Gasteiger partial charge in [0.05, 0.1) is 18.6 Å². The third-order valence-corrected chi connectivity index (χ3v) is 8.39. The van der Waals surface area contributed by atoms with E-state index in [4.69, 9.17) is 17.3 Å². The Morgan fingerprint density at radius 1 is 1.15 bits per heavy atom. The maximum Gasteiger partial charge on any atom is 0.243 e. The molecule has 2 aliphatic heterocycles. The highest BCUT2D eigenvalue weighted by molar-refractivity contribution is 7.11.